The highest BCUT2D eigenvalue weighted by atomic mass is 16.6. The Morgan fingerprint density at radius 3 is 2.83 bits per heavy atom. The van der Waals surface area contributed by atoms with Gasteiger partial charge in [-0.05, 0) is 19.9 Å². The van der Waals surface area contributed by atoms with E-state index in [9.17, 15) is 10.1 Å². The Kier molecular flexibility index (Phi) is 5.31. The van der Waals surface area contributed by atoms with Crippen LogP contribution in [-0.4, -0.2) is 36.2 Å². The van der Waals surface area contributed by atoms with Crippen LogP contribution in [0.1, 0.15) is 13.8 Å². The third-order valence-electron chi connectivity index (χ3n) is 2.33. The first-order valence-electron chi connectivity index (χ1n) is 5.77. The van der Waals surface area contributed by atoms with Crippen LogP contribution in [0.4, 0.5) is 17.3 Å². The van der Waals surface area contributed by atoms with Crippen LogP contribution in [0.15, 0.2) is 12.1 Å². The quantitative estimate of drug-likeness (QED) is 0.570. The molecule has 1 aromatic rings. The number of nitrogens with one attached hydrogen (secondary N) is 2. The van der Waals surface area contributed by atoms with Crippen LogP contribution in [0.2, 0.25) is 0 Å². The lowest BCUT2D eigenvalue weighted by Gasteiger charge is -2.13. The zero-order valence-corrected chi connectivity index (χ0v) is 10.8. The van der Waals surface area contributed by atoms with E-state index in [0.717, 1.165) is 0 Å². The topological polar surface area (TPSA) is 89.3 Å². The summed E-state index contributed by atoms with van der Waals surface area (Å²) in [6.45, 7) is 4.87. The van der Waals surface area contributed by atoms with Crippen molar-refractivity contribution in [2.45, 2.75) is 20.0 Å². The van der Waals surface area contributed by atoms with Crippen LogP contribution >= 0.6 is 0 Å². The average Bonchev–Trinajstić information content (AvgIpc) is 2.36. The first-order chi connectivity index (χ1) is 8.58. The van der Waals surface area contributed by atoms with Gasteiger partial charge in [-0.1, -0.05) is 0 Å². The predicted molar refractivity (Wildman–Crippen MR) is 70.0 cm³/mol. The summed E-state index contributed by atoms with van der Waals surface area (Å²) in [5.41, 5.74) is -0.0438. The summed E-state index contributed by atoms with van der Waals surface area (Å²) in [4.78, 5) is 14.5. The first kappa shape index (κ1) is 14.2. The minimum Gasteiger partial charge on any atom is -0.377 e. The Labute approximate surface area is 106 Å². The molecule has 1 aromatic heterocycles. The van der Waals surface area contributed by atoms with E-state index in [0.29, 0.717) is 19.0 Å². The average molecular weight is 254 g/mol. The molecule has 7 nitrogen and oxygen atoms in total. The number of ether oxygens (including phenoxy) is 1. The van der Waals surface area contributed by atoms with Crippen LogP contribution in [0.25, 0.3) is 0 Å². The smallest absolute Gasteiger partial charge is 0.311 e. The van der Waals surface area contributed by atoms with Gasteiger partial charge in [0, 0.05) is 26.3 Å². The molecule has 7 heteroatoms. The van der Waals surface area contributed by atoms with Gasteiger partial charge in [0.1, 0.15) is 5.82 Å². The second kappa shape index (κ2) is 6.75. The number of anilines is 2. The summed E-state index contributed by atoms with van der Waals surface area (Å²) >= 11 is 0. The number of aromatic nitrogens is 1. The summed E-state index contributed by atoms with van der Waals surface area (Å²) in [5.74, 6) is 0.825. The molecule has 0 saturated carbocycles. The summed E-state index contributed by atoms with van der Waals surface area (Å²) in [6, 6.07) is 2.99. The van der Waals surface area contributed by atoms with Crippen molar-refractivity contribution in [2.75, 3.05) is 30.8 Å². The fourth-order valence-electron chi connectivity index (χ4n) is 1.45. The maximum atomic E-state index is 10.9. The fraction of sp³-hybridized carbons (Fsp3) is 0.545. The zero-order chi connectivity index (χ0) is 13.5. The van der Waals surface area contributed by atoms with Crippen LogP contribution < -0.4 is 10.6 Å². The Morgan fingerprint density at radius 1 is 1.56 bits per heavy atom. The number of pyridine rings is 1. The molecule has 0 amide bonds. The zero-order valence-electron chi connectivity index (χ0n) is 10.8. The molecule has 0 aliphatic rings. The minimum absolute atomic E-state index is 0.0327. The van der Waals surface area contributed by atoms with Gasteiger partial charge in [0.25, 0.3) is 0 Å². The molecule has 0 aromatic carbocycles. The molecule has 0 aliphatic carbocycles. The summed E-state index contributed by atoms with van der Waals surface area (Å²) < 4.78 is 5.34. The van der Waals surface area contributed by atoms with Crippen molar-refractivity contribution in [1.82, 2.24) is 4.98 Å². The SMILES string of the molecule is CCOC(C)CNc1nc(NC)ccc1[N+](=O)[O-]. The number of hydrogen-bond acceptors (Lipinski definition) is 6. The van der Waals surface area contributed by atoms with Gasteiger partial charge in [-0.25, -0.2) is 4.98 Å². The molecule has 0 radical (unpaired) electrons. The van der Waals surface area contributed by atoms with E-state index in [1.165, 1.54) is 6.07 Å². The van der Waals surface area contributed by atoms with Gasteiger partial charge in [0.2, 0.25) is 5.82 Å². The predicted octanol–water partition coefficient (Wildman–Crippen LogP) is 1.87. The van der Waals surface area contributed by atoms with E-state index < -0.39 is 4.92 Å². The minimum atomic E-state index is -0.458. The molecule has 0 fully saturated rings. The molecule has 1 heterocycles. The number of hydrogen-bond donors (Lipinski definition) is 2. The van der Waals surface area contributed by atoms with Gasteiger partial charge in [0.05, 0.1) is 11.0 Å². The number of nitrogens with zero attached hydrogens (tertiary/aromatic N) is 2. The molecule has 0 spiro atoms. The molecule has 100 valence electrons. The monoisotopic (exact) mass is 254 g/mol. The molecule has 0 aliphatic heterocycles. The molecule has 1 atom stereocenters. The lowest BCUT2D eigenvalue weighted by atomic mass is 10.3. The van der Waals surface area contributed by atoms with Gasteiger partial charge in [-0.2, -0.15) is 0 Å². The van der Waals surface area contributed by atoms with E-state index in [2.05, 4.69) is 15.6 Å². The Hall–Kier alpha value is -1.89. The highest BCUT2D eigenvalue weighted by molar-refractivity contribution is 5.60. The van der Waals surface area contributed by atoms with Gasteiger partial charge in [-0.3, -0.25) is 10.1 Å². The van der Waals surface area contributed by atoms with Crippen molar-refractivity contribution in [1.29, 1.82) is 0 Å². The first-order valence-corrected chi connectivity index (χ1v) is 5.77. The highest BCUT2D eigenvalue weighted by Crippen LogP contribution is 2.23. The second-order valence-electron chi connectivity index (χ2n) is 3.72. The van der Waals surface area contributed by atoms with Crippen molar-refractivity contribution >= 4 is 17.3 Å². The summed E-state index contributed by atoms with van der Waals surface area (Å²) in [6.07, 6.45) is -0.0327. The largest absolute Gasteiger partial charge is 0.377 e. The van der Waals surface area contributed by atoms with Crippen molar-refractivity contribution < 1.29 is 9.66 Å². The highest BCUT2D eigenvalue weighted by Gasteiger charge is 2.16. The molecule has 0 bridgehead atoms. The van der Waals surface area contributed by atoms with Crippen molar-refractivity contribution in [3.63, 3.8) is 0 Å². The molecule has 2 N–H and O–H groups in total. The molecule has 1 unspecified atom stereocenters. The van der Waals surface area contributed by atoms with Crippen molar-refractivity contribution in [2.24, 2.45) is 0 Å². The lowest BCUT2D eigenvalue weighted by Crippen LogP contribution is -2.20. The number of nitro groups is 1. The third kappa shape index (κ3) is 3.85. The Morgan fingerprint density at radius 2 is 2.28 bits per heavy atom. The maximum absolute atomic E-state index is 10.9. The van der Waals surface area contributed by atoms with E-state index in [4.69, 9.17) is 4.74 Å². The molecular weight excluding hydrogens is 236 g/mol. The Balaban J connectivity index is 2.80. The van der Waals surface area contributed by atoms with Gasteiger partial charge in [0.15, 0.2) is 0 Å². The molecule has 18 heavy (non-hydrogen) atoms. The van der Waals surface area contributed by atoms with E-state index in [-0.39, 0.29) is 17.6 Å². The van der Waals surface area contributed by atoms with Crippen LogP contribution in [-0.2, 0) is 4.74 Å². The van der Waals surface area contributed by atoms with E-state index in [1.807, 2.05) is 13.8 Å². The van der Waals surface area contributed by atoms with Crippen LogP contribution in [0.5, 0.6) is 0 Å². The van der Waals surface area contributed by atoms with Crippen LogP contribution in [0, 0.1) is 10.1 Å². The van der Waals surface area contributed by atoms with Gasteiger partial charge in [-0.15, -0.1) is 0 Å². The van der Waals surface area contributed by atoms with Gasteiger partial charge < -0.3 is 15.4 Å². The van der Waals surface area contributed by atoms with Crippen molar-refractivity contribution in [3.8, 4) is 0 Å². The number of rotatable bonds is 7. The van der Waals surface area contributed by atoms with Crippen molar-refractivity contribution in [3.05, 3.63) is 22.2 Å². The van der Waals surface area contributed by atoms with Crippen LogP contribution in [0.3, 0.4) is 0 Å². The van der Waals surface area contributed by atoms with E-state index >= 15 is 0 Å². The maximum Gasteiger partial charge on any atom is 0.311 e. The lowest BCUT2D eigenvalue weighted by molar-refractivity contribution is -0.384. The molecule has 1 rings (SSSR count). The van der Waals surface area contributed by atoms with E-state index in [1.54, 1.807) is 13.1 Å². The second-order valence-corrected chi connectivity index (χ2v) is 3.72. The third-order valence-corrected chi connectivity index (χ3v) is 2.33. The summed E-state index contributed by atoms with van der Waals surface area (Å²) in [7, 11) is 1.71. The summed E-state index contributed by atoms with van der Waals surface area (Å²) in [5, 5.41) is 16.6. The molecule has 0 saturated heterocycles. The normalized spacial score (nSPS) is 11.9. The fourth-order valence-corrected chi connectivity index (χ4v) is 1.45. The standard InChI is InChI=1S/C11H18N4O3/c1-4-18-8(2)7-13-11-9(15(16)17)5-6-10(12-3)14-11/h5-6,8H,4,7H2,1-3H3,(H2,12,13,14). The molecular formula is C11H18N4O3. The van der Waals surface area contributed by atoms with Gasteiger partial charge >= 0.3 is 5.69 Å². The Bertz CT molecular complexity index is 411.